The van der Waals surface area contributed by atoms with E-state index in [4.69, 9.17) is 0 Å². The predicted molar refractivity (Wildman–Crippen MR) is 68.5 cm³/mol. The Bertz CT molecular complexity index is 568. The van der Waals surface area contributed by atoms with Crippen LogP contribution in [0.4, 0.5) is 5.95 Å². The minimum absolute atomic E-state index is 0.166. The number of aliphatic hydroxyl groups is 1. The van der Waals surface area contributed by atoms with E-state index in [2.05, 4.69) is 9.97 Å². The summed E-state index contributed by atoms with van der Waals surface area (Å²) in [6.45, 7) is 2.64. The van der Waals surface area contributed by atoms with Gasteiger partial charge in [0, 0.05) is 29.9 Å². The number of carbonyl (C=O) groups is 1. The fourth-order valence-corrected chi connectivity index (χ4v) is 3.28. The average Bonchev–Trinajstić information content (AvgIpc) is 3.05. The normalized spacial score (nSPS) is 31.1. The molecule has 3 fully saturated rings. The molecule has 1 amide bonds. The third-order valence-electron chi connectivity index (χ3n) is 4.81. The number of piperidine rings is 1. The first-order chi connectivity index (χ1) is 9.08. The number of carbonyl (C=O) groups excluding carboxylic acids is 1. The van der Waals surface area contributed by atoms with E-state index in [1.807, 2.05) is 6.92 Å². The van der Waals surface area contributed by atoms with Gasteiger partial charge in [0.1, 0.15) is 0 Å². The highest BCUT2D eigenvalue weighted by Crippen LogP contribution is 2.47. The van der Waals surface area contributed by atoms with Crippen molar-refractivity contribution in [1.29, 1.82) is 0 Å². The zero-order valence-electron chi connectivity index (χ0n) is 11.0. The van der Waals surface area contributed by atoms with Gasteiger partial charge in [0.2, 0.25) is 11.9 Å². The summed E-state index contributed by atoms with van der Waals surface area (Å²) < 4.78 is 0. The van der Waals surface area contributed by atoms with Gasteiger partial charge in [-0.25, -0.2) is 9.97 Å². The van der Waals surface area contributed by atoms with Crippen molar-refractivity contribution in [1.82, 2.24) is 9.97 Å². The third kappa shape index (κ3) is 1.54. The van der Waals surface area contributed by atoms with Crippen LogP contribution in [0.3, 0.4) is 0 Å². The minimum atomic E-state index is -0.736. The minimum Gasteiger partial charge on any atom is -0.385 e. The van der Waals surface area contributed by atoms with Crippen molar-refractivity contribution in [3.8, 4) is 0 Å². The monoisotopic (exact) mass is 259 g/mol. The Hall–Kier alpha value is -1.49. The largest absolute Gasteiger partial charge is 0.385 e. The molecule has 3 aliphatic rings. The Morgan fingerprint density at radius 3 is 2.79 bits per heavy atom. The second-order valence-corrected chi connectivity index (χ2v) is 6.11. The molecule has 0 spiro atoms. The lowest BCUT2D eigenvalue weighted by atomic mass is 9.75. The average molecular weight is 259 g/mol. The number of rotatable bonds is 2. The summed E-state index contributed by atoms with van der Waals surface area (Å²) in [5.74, 6) is 1.41. The molecule has 1 saturated heterocycles. The maximum atomic E-state index is 12.0. The van der Waals surface area contributed by atoms with Crippen LogP contribution in [0.5, 0.6) is 0 Å². The molecule has 0 unspecified atom stereocenters. The molecule has 100 valence electrons. The molecule has 0 aromatic carbocycles. The third-order valence-corrected chi connectivity index (χ3v) is 4.81. The van der Waals surface area contributed by atoms with Crippen LogP contribution in [-0.4, -0.2) is 27.5 Å². The summed E-state index contributed by atoms with van der Waals surface area (Å²) in [6.07, 6.45) is 5.35. The first-order valence-electron chi connectivity index (χ1n) is 6.96. The smallest absolute Gasteiger partial charge is 0.232 e. The Labute approximate surface area is 111 Å². The Morgan fingerprint density at radius 2 is 2.26 bits per heavy atom. The summed E-state index contributed by atoms with van der Waals surface area (Å²) >= 11 is 0. The highest BCUT2D eigenvalue weighted by molar-refractivity contribution is 5.98. The summed E-state index contributed by atoms with van der Waals surface area (Å²) in [5, 5.41) is 10.4. The molecular formula is C14H17N3O2. The SMILES string of the molecule is Cc1nc(N2C[C@H]3C[C@H]3C2=O)ncc1C1(O)CCC1. The molecule has 0 bridgehead atoms. The number of anilines is 1. The van der Waals surface area contributed by atoms with E-state index < -0.39 is 5.60 Å². The summed E-state index contributed by atoms with van der Waals surface area (Å²) in [7, 11) is 0. The van der Waals surface area contributed by atoms with Crippen LogP contribution < -0.4 is 4.90 Å². The maximum absolute atomic E-state index is 12.0. The van der Waals surface area contributed by atoms with E-state index in [0.29, 0.717) is 11.9 Å². The quantitative estimate of drug-likeness (QED) is 0.865. The lowest BCUT2D eigenvalue weighted by Crippen LogP contribution is -2.36. The van der Waals surface area contributed by atoms with Crippen molar-refractivity contribution < 1.29 is 9.90 Å². The van der Waals surface area contributed by atoms with Gasteiger partial charge in [-0.2, -0.15) is 0 Å². The van der Waals surface area contributed by atoms with Gasteiger partial charge in [0.25, 0.3) is 0 Å². The fourth-order valence-electron chi connectivity index (χ4n) is 3.28. The Balaban J connectivity index is 1.65. The molecule has 2 atom stereocenters. The number of aryl methyl sites for hydroxylation is 1. The van der Waals surface area contributed by atoms with Crippen molar-refractivity contribution in [2.45, 2.75) is 38.2 Å². The van der Waals surface area contributed by atoms with Crippen molar-refractivity contribution in [2.75, 3.05) is 11.4 Å². The lowest BCUT2D eigenvalue weighted by Gasteiger charge is -2.37. The molecule has 1 aliphatic heterocycles. The van der Waals surface area contributed by atoms with Crippen molar-refractivity contribution in [3.63, 3.8) is 0 Å². The number of hydrogen-bond acceptors (Lipinski definition) is 4. The molecule has 1 aromatic heterocycles. The molecule has 0 radical (unpaired) electrons. The molecular weight excluding hydrogens is 242 g/mol. The van der Waals surface area contributed by atoms with E-state index in [1.165, 1.54) is 0 Å². The van der Waals surface area contributed by atoms with E-state index in [1.54, 1.807) is 11.1 Å². The number of hydrogen-bond donors (Lipinski definition) is 1. The van der Waals surface area contributed by atoms with Gasteiger partial charge in [-0.1, -0.05) is 0 Å². The molecule has 2 aliphatic carbocycles. The van der Waals surface area contributed by atoms with Crippen LogP contribution in [-0.2, 0) is 10.4 Å². The van der Waals surface area contributed by atoms with Crippen LogP contribution in [0.2, 0.25) is 0 Å². The first-order valence-corrected chi connectivity index (χ1v) is 6.96. The summed E-state index contributed by atoms with van der Waals surface area (Å²) in [6, 6.07) is 0. The fraction of sp³-hybridized carbons (Fsp3) is 0.643. The van der Waals surface area contributed by atoms with Gasteiger partial charge in [0.05, 0.1) is 5.60 Å². The van der Waals surface area contributed by atoms with Crippen LogP contribution in [0.15, 0.2) is 6.20 Å². The molecule has 2 saturated carbocycles. The highest BCUT2D eigenvalue weighted by atomic mass is 16.3. The van der Waals surface area contributed by atoms with Gasteiger partial charge in [-0.05, 0) is 38.5 Å². The standard InChI is InChI=1S/C14H17N3O2/c1-8-11(14(19)3-2-4-14)6-15-13(16-8)17-7-9-5-10(9)12(17)18/h6,9-10,19H,2-5,7H2,1H3/t9-,10-/m1/s1. The van der Waals surface area contributed by atoms with Crippen molar-refractivity contribution in [3.05, 3.63) is 17.5 Å². The van der Waals surface area contributed by atoms with Gasteiger partial charge < -0.3 is 5.11 Å². The molecule has 1 N–H and O–H groups in total. The lowest BCUT2D eigenvalue weighted by molar-refractivity contribution is -0.118. The van der Waals surface area contributed by atoms with E-state index in [-0.39, 0.29) is 11.8 Å². The van der Waals surface area contributed by atoms with Crippen LogP contribution in [0.1, 0.15) is 36.9 Å². The van der Waals surface area contributed by atoms with E-state index >= 15 is 0 Å². The van der Waals surface area contributed by atoms with E-state index in [0.717, 1.165) is 43.5 Å². The van der Waals surface area contributed by atoms with Gasteiger partial charge in [-0.15, -0.1) is 0 Å². The van der Waals surface area contributed by atoms with Crippen LogP contribution >= 0.6 is 0 Å². The van der Waals surface area contributed by atoms with E-state index in [9.17, 15) is 9.90 Å². The number of nitrogens with zero attached hydrogens (tertiary/aromatic N) is 3. The van der Waals surface area contributed by atoms with Gasteiger partial charge >= 0.3 is 0 Å². The van der Waals surface area contributed by atoms with Crippen molar-refractivity contribution in [2.24, 2.45) is 11.8 Å². The zero-order chi connectivity index (χ0) is 13.2. The molecule has 5 heteroatoms. The highest BCUT2D eigenvalue weighted by Gasteiger charge is 2.53. The zero-order valence-corrected chi connectivity index (χ0v) is 11.0. The van der Waals surface area contributed by atoms with Crippen molar-refractivity contribution >= 4 is 11.9 Å². The maximum Gasteiger partial charge on any atom is 0.232 e. The molecule has 4 rings (SSSR count). The molecule has 19 heavy (non-hydrogen) atoms. The molecule has 5 nitrogen and oxygen atoms in total. The topological polar surface area (TPSA) is 66.3 Å². The first kappa shape index (κ1) is 11.3. The van der Waals surface area contributed by atoms with Gasteiger partial charge in [-0.3, -0.25) is 9.69 Å². The Kier molecular flexibility index (Phi) is 2.11. The summed E-state index contributed by atoms with van der Waals surface area (Å²) in [4.78, 5) is 22.5. The Morgan fingerprint density at radius 1 is 1.47 bits per heavy atom. The van der Waals surface area contributed by atoms with Crippen LogP contribution in [0, 0.1) is 18.8 Å². The molecule has 2 heterocycles. The van der Waals surface area contributed by atoms with Gasteiger partial charge in [0.15, 0.2) is 0 Å². The number of fused-ring (bicyclic) bond motifs is 1. The van der Waals surface area contributed by atoms with Crippen LogP contribution in [0.25, 0.3) is 0 Å². The predicted octanol–water partition coefficient (Wildman–Crippen LogP) is 1.14. The summed E-state index contributed by atoms with van der Waals surface area (Å²) in [5.41, 5.74) is 0.875. The number of amides is 1. The second kappa shape index (κ2) is 3.54. The number of aromatic nitrogens is 2. The molecule has 1 aromatic rings. The second-order valence-electron chi connectivity index (χ2n) is 6.11.